The second-order valence-electron chi connectivity index (χ2n) is 9.46. The summed E-state index contributed by atoms with van der Waals surface area (Å²) in [4.78, 5) is 12.5. The Hall–Kier alpha value is 0.160. The third kappa shape index (κ3) is 3.73. The molecule has 1 N–H and O–H groups in total. The van der Waals surface area contributed by atoms with E-state index in [1.807, 2.05) is 27.7 Å². The van der Waals surface area contributed by atoms with Crippen LogP contribution in [0, 0.1) is 29.1 Å². The molecule has 23 heavy (non-hydrogen) atoms. The summed E-state index contributed by atoms with van der Waals surface area (Å²) in [5.41, 5.74) is -0.568. The number of carbonyl (C=O) groups excluding carboxylic acids is 1. The molecule has 134 valence electrons. The fraction of sp³-hybridized carbons (Fsp3) is 0.947. The van der Waals surface area contributed by atoms with Crippen LogP contribution in [0.1, 0.15) is 67.7 Å². The van der Waals surface area contributed by atoms with Gasteiger partial charge in [-0.1, -0.05) is 50.3 Å². The van der Waals surface area contributed by atoms with Crippen LogP contribution in [-0.4, -0.2) is 26.2 Å². The summed E-state index contributed by atoms with van der Waals surface area (Å²) < 4.78 is 5.52. The summed E-state index contributed by atoms with van der Waals surface area (Å²) in [5, 5.41) is 10.7. The fourth-order valence-corrected chi connectivity index (χ4v) is 5.17. The SMILES string of the molecule is CCC(C)(I)C(=O)O[C@H]1C[C@H]2C[C@@H]1[C@H](C(C)(C)C)[C@@H]2C(C)(C)O. The average Bonchev–Trinajstić information content (AvgIpc) is 2.94. The molecule has 0 heterocycles. The molecule has 2 fully saturated rings. The van der Waals surface area contributed by atoms with Crippen LogP contribution < -0.4 is 0 Å². The first kappa shape index (κ1) is 19.5. The molecule has 2 aliphatic rings. The fourth-order valence-electron chi connectivity index (χ4n) is 5.04. The zero-order chi connectivity index (χ0) is 17.8. The Bertz CT molecular complexity index is 458. The van der Waals surface area contributed by atoms with E-state index in [2.05, 4.69) is 43.4 Å². The number of esters is 1. The first-order chi connectivity index (χ1) is 10.3. The monoisotopic (exact) mass is 436 g/mol. The van der Waals surface area contributed by atoms with Gasteiger partial charge in [0.15, 0.2) is 0 Å². The highest BCUT2D eigenvalue weighted by Crippen LogP contribution is 2.61. The zero-order valence-electron chi connectivity index (χ0n) is 15.6. The first-order valence-corrected chi connectivity index (χ1v) is 9.99. The lowest BCUT2D eigenvalue weighted by molar-refractivity contribution is -0.160. The third-order valence-electron chi connectivity index (χ3n) is 6.11. The lowest BCUT2D eigenvalue weighted by Gasteiger charge is -2.47. The van der Waals surface area contributed by atoms with Crippen molar-refractivity contribution in [2.24, 2.45) is 29.1 Å². The molecule has 4 heteroatoms. The minimum Gasteiger partial charge on any atom is -0.461 e. The highest BCUT2D eigenvalue weighted by Gasteiger charge is 2.60. The Labute approximate surface area is 155 Å². The molecule has 3 nitrogen and oxygen atoms in total. The molecule has 2 saturated carbocycles. The molecule has 2 aliphatic carbocycles. The van der Waals surface area contributed by atoms with Crippen LogP contribution in [0.4, 0.5) is 0 Å². The Kier molecular flexibility index (Phi) is 5.21. The van der Waals surface area contributed by atoms with E-state index in [0.717, 1.165) is 19.3 Å². The van der Waals surface area contributed by atoms with E-state index in [0.29, 0.717) is 23.7 Å². The molecule has 0 saturated heterocycles. The number of aliphatic hydroxyl groups is 1. The van der Waals surface area contributed by atoms with Crippen LogP contribution in [-0.2, 0) is 9.53 Å². The predicted octanol–water partition coefficient (Wildman–Crippen LogP) is 4.59. The van der Waals surface area contributed by atoms with Crippen molar-refractivity contribution < 1.29 is 14.6 Å². The maximum atomic E-state index is 12.5. The maximum Gasteiger partial charge on any atom is 0.322 e. The number of fused-ring (bicyclic) bond motifs is 2. The zero-order valence-corrected chi connectivity index (χ0v) is 17.8. The second-order valence-corrected chi connectivity index (χ2v) is 11.8. The molecular weight excluding hydrogens is 403 g/mol. The van der Waals surface area contributed by atoms with E-state index in [4.69, 9.17) is 4.74 Å². The van der Waals surface area contributed by atoms with Gasteiger partial charge >= 0.3 is 5.97 Å². The first-order valence-electron chi connectivity index (χ1n) is 8.91. The lowest BCUT2D eigenvalue weighted by Crippen LogP contribution is -2.49. The Balaban J connectivity index is 2.20. The summed E-state index contributed by atoms with van der Waals surface area (Å²) in [6.07, 6.45) is 2.80. The lowest BCUT2D eigenvalue weighted by atomic mass is 9.61. The highest BCUT2D eigenvalue weighted by molar-refractivity contribution is 14.1. The number of hydrogen-bond acceptors (Lipinski definition) is 3. The van der Waals surface area contributed by atoms with E-state index in [1.54, 1.807) is 0 Å². The summed E-state index contributed by atoms with van der Waals surface area (Å²) in [6.45, 7) is 14.6. The van der Waals surface area contributed by atoms with Crippen molar-refractivity contribution in [2.75, 3.05) is 0 Å². The number of alkyl halides is 1. The predicted molar refractivity (Wildman–Crippen MR) is 102 cm³/mol. The smallest absolute Gasteiger partial charge is 0.322 e. The van der Waals surface area contributed by atoms with Crippen molar-refractivity contribution in [3.8, 4) is 0 Å². The maximum absolute atomic E-state index is 12.5. The molecule has 0 aromatic rings. The quantitative estimate of drug-likeness (QED) is 0.398. The van der Waals surface area contributed by atoms with Gasteiger partial charge in [-0.2, -0.15) is 0 Å². The van der Waals surface area contributed by atoms with Crippen LogP contribution in [0.2, 0.25) is 0 Å². The van der Waals surface area contributed by atoms with Gasteiger partial charge in [0, 0.05) is 0 Å². The van der Waals surface area contributed by atoms with Crippen molar-refractivity contribution in [3.05, 3.63) is 0 Å². The van der Waals surface area contributed by atoms with Crippen LogP contribution in [0.5, 0.6) is 0 Å². The van der Waals surface area contributed by atoms with Gasteiger partial charge in [-0.25, -0.2) is 0 Å². The van der Waals surface area contributed by atoms with Gasteiger partial charge in [-0.3, -0.25) is 4.79 Å². The minimum absolute atomic E-state index is 0.0240. The Morgan fingerprint density at radius 2 is 1.70 bits per heavy atom. The highest BCUT2D eigenvalue weighted by atomic mass is 127. The van der Waals surface area contributed by atoms with Crippen LogP contribution in [0.25, 0.3) is 0 Å². The van der Waals surface area contributed by atoms with Crippen molar-refractivity contribution in [1.29, 1.82) is 0 Å². The van der Waals surface area contributed by atoms with E-state index in [9.17, 15) is 9.90 Å². The van der Waals surface area contributed by atoms with Gasteiger partial charge in [-0.15, -0.1) is 0 Å². The molecule has 2 bridgehead atoms. The number of hydrogen-bond donors (Lipinski definition) is 1. The van der Waals surface area contributed by atoms with Gasteiger partial charge in [0.25, 0.3) is 0 Å². The van der Waals surface area contributed by atoms with E-state index in [1.165, 1.54) is 0 Å². The normalized spacial score (nSPS) is 36.8. The van der Waals surface area contributed by atoms with Crippen LogP contribution in [0.15, 0.2) is 0 Å². The van der Waals surface area contributed by atoms with Gasteiger partial charge in [0.2, 0.25) is 0 Å². The molecule has 6 atom stereocenters. The average molecular weight is 436 g/mol. The summed E-state index contributed by atoms with van der Waals surface area (Å²) in [6, 6.07) is 0. The van der Waals surface area contributed by atoms with Crippen LogP contribution >= 0.6 is 22.6 Å². The standard InChI is InChI=1S/C19H33IO3/c1-8-19(7,20)16(21)23-13-10-11-9-12(13)15(17(2,3)4)14(11)18(5,6)22/h11-15,22H,8-10H2,1-7H3/t11-,12+,13+,14-,15+,19?/m1/s1. The minimum atomic E-state index is -0.673. The van der Waals surface area contributed by atoms with Crippen molar-refractivity contribution in [2.45, 2.75) is 82.9 Å². The largest absolute Gasteiger partial charge is 0.461 e. The number of ether oxygens (including phenoxy) is 1. The van der Waals surface area contributed by atoms with Gasteiger partial charge in [-0.05, 0) is 69.1 Å². The number of halogens is 1. The molecule has 2 rings (SSSR count). The topological polar surface area (TPSA) is 46.5 Å². The van der Waals surface area contributed by atoms with Crippen LogP contribution in [0.3, 0.4) is 0 Å². The molecule has 1 unspecified atom stereocenters. The molecule has 0 spiro atoms. The van der Waals surface area contributed by atoms with Gasteiger partial charge in [0.05, 0.1) is 5.60 Å². The number of rotatable bonds is 4. The molecule has 0 aliphatic heterocycles. The summed E-state index contributed by atoms with van der Waals surface area (Å²) in [7, 11) is 0. The van der Waals surface area contributed by atoms with E-state index >= 15 is 0 Å². The van der Waals surface area contributed by atoms with Crippen molar-refractivity contribution in [1.82, 2.24) is 0 Å². The van der Waals surface area contributed by atoms with Gasteiger partial charge < -0.3 is 9.84 Å². The van der Waals surface area contributed by atoms with Crippen molar-refractivity contribution >= 4 is 28.6 Å². The Morgan fingerprint density at radius 3 is 2.13 bits per heavy atom. The molecule has 0 aromatic heterocycles. The third-order valence-corrected chi connectivity index (χ3v) is 7.31. The van der Waals surface area contributed by atoms with E-state index < -0.39 is 9.02 Å². The molecular formula is C19H33IO3. The second kappa shape index (κ2) is 6.15. The summed E-state index contributed by atoms with van der Waals surface area (Å²) in [5.74, 6) is 1.44. The number of carbonyl (C=O) groups is 1. The molecule has 0 radical (unpaired) electrons. The van der Waals surface area contributed by atoms with E-state index in [-0.39, 0.29) is 17.5 Å². The molecule has 0 aromatic carbocycles. The van der Waals surface area contributed by atoms with Crippen molar-refractivity contribution in [3.63, 3.8) is 0 Å². The Morgan fingerprint density at radius 1 is 1.13 bits per heavy atom. The summed E-state index contributed by atoms with van der Waals surface area (Å²) >= 11 is 2.21. The van der Waals surface area contributed by atoms with Gasteiger partial charge in [0.1, 0.15) is 9.53 Å². The molecule has 0 amide bonds.